The third-order valence-corrected chi connectivity index (χ3v) is 6.20. The van der Waals surface area contributed by atoms with E-state index in [-0.39, 0.29) is 17.3 Å². The van der Waals surface area contributed by atoms with Gasteiger partial charge in [-0.2, -0.15) is 16.1 Å². The smallest absolute Gasteiger partial charge is 0.246 e. The number of sulfonamides is 1. The summed E-state index contributed by atoms with van der Waals surface area (Å²) in [5.41, 5.74) is 0.632. The molecule has 0 aliphatic carbocycles. The lowest BCUT2D eigenvalue weighted by molar-refractivity contribution is 0.280. The number of methoxy groups -OCH3 is 1. The van der Waals surface area contributed by atoms with E-state index in [9.17, 15) is 8.42 Å². The Morgan fingerprint density at radius 2 is 2.15 bits per heavy atom. The van der Waals surface area contributed by atoms with Crippen molar-refractivity contribution in [3.63, 3.8) is 0 Å². The van der Waals surface area contributed by atoms with Gasteiger partial charge in [-0.3, -0.25) is 0 Å². The number of nitrogens with zero attached hydrogens (tertiary/aromatic N) is 1. The third kappa shape index (κ3) is 3.28. The van der Waals surface area contributed by atoms with E-state index in [2.05, 4.69) is 0 Å². The lowest BCUT2D eigenvalue weighted by Crippen LogP contribution is -2.33. The van der Waals surface area contributed by atoms with Gasteiger partial charge < -0.3 is 9.84 Å². The molecule has 1 aliphatic rings. The molecule has 1 N–H and O–H groups in total. The van der Waals surface area contributed by atoms with Crippen molar-refractivity contribution in [2.75, 3.05) is 31.7 Å². The van der Waals surface area contributed by atoms with Gasteiger partial charge in [0, 0.05) is 18.8 Å². The molecular formula is C13H19NO4S2. The van der Waals surface area contributed by atoms with Gasteiger partial charge in [0.1, 0.15) is 10.6 Å². The van der Waals surface area contributed by atoms with Crippen LogP contribution in [0.4, 0.5) is 0 Å². The van der Waals surface area contributed by atoms with E-state index in [1.165, 1.54) is 17.5 Å². The summed E-state index contributed by atoms with van der Waals surface area (Å²) in [6.45, 7) is 0.926. The highest BCUT2D eigenvalue weighted by Gasteiger charge is 2.28. The number of rotatable bonds is 4. The molecule has 20 heavy (non-hydrogen) atoms. The van der Waals surface area contributed by atoms with Crippen molar-refractivity contribution in [1.82, 2.24) is 4.31 Å². The summed E-state index contributed by atoms with van der Waals surface area (Å²) in [7, 11) is -2.10. The number of hydrogen-bond donors (Lipinski definition) is 1. The highest BCUT2D eigenvalue weighted by molar-refractivity contribution is 7.99. The van der Waals surface area contributed by atoms with E-state index >= 15 is 0 Å². The fourth-order valence-corrected chi connectivity index (χ4v) is 4.74. The molecule has 0 spiro atoms. The van der Waals surface area contributed by atoms with Crippen LogP contribution in [0.1, 0.15) is 12.0 Å². The van der Waals surface area contributed by atoms with Crippen molar-refractivity contribution in [1.29, 1.82) is 0 Å². The van der Waals surface area contributed by atoms with Gasteiger partial charge in [-0.25, -0.2) is 8.42 Å². The van der Waals surface area contributed by atoms with Crippen LogP contribution in [0.15, 0.2) is 23.1 Å². The zero-order valence-electron chi connectivity index (χ0n) is 11.4. The van der Waals surface area contributed by atoms with E-state index in [4.69, 9.17) is 9.84 Å². The van der Waals surface area contributed by atoms with Crippen LogP contribution in [0.25, 0.3) is 0 Å². The molecule has 0 aromatic heterocycles. The second-order valence-electron chi connectivity index (χ2n) is 4.51. The average molecular weight is 317 g/mol. The number of ether oxygens (including phenoxy) is 1. The van der Waals surface area contributed by atoms with Crippen LogP contribution < -0.4 is 4.74 Å². The fraction of sp³-hybridized carbons (Fsp3) is 0.538. The fourth-order valence-electron chi connectivity index (χ4n) is 2.13. The number of benzene rings is 1. The van der Waals surface area contributed by atoms with Gasteiger partial charge in [-0.1, -0.05) is 6.07 Å². The van der Waals surface area contributed by atoms with Gasteiger partial charge >= 0.3 is 0 Å². The maximum atomic E-state index is 12.7. The molecule has 1 fully saturated rings. The quantitative estimate of drug-likeness (QED) is 0.907. The molecule has 0 saturated carbocycles. The van der Waals surface area contributed by atoms with Gasteiger partial charge in [-0.05, 0) is 29.9 Å². The maximum Gasteiger partial charge on any atom is 0.246 e. The van der Waals surface area contributed by atoms with Crippen molar-refractivity contribution in [2.24, 2.45) is 0 Å². The Labute approximate surface area is 124 Å². The van der Waals surface area contributed by atoms with Crippen LogP contribution in [0, 0.1) is 0 Å². The Balaban J connectivity index is 2.37. The third-order valence-electron chi connectivity index (χ3n) is 3.21. The molecule has 2 rings (SSSR count). The minimum absolute atomic E-state index is 0.142. The van der Waals surface area contributed by atoms with E-state index in [1.807, 2.05) is 0 Å². The summed E-state index contributed by atoms with van der Waals surface area (Å²) in [5.74, 6) is 2.09. The van der Waals surface area contributed by atoms with Crippen molar-refractivity contribution in [2.45, 2.75) is 17.9 Å². The average Bonchev–Trinajstić information content (AvgIpc) is 2.76. The molecule has 0 unspecified atom stereocenters. The van der Waals surface area contributed by atoms with Crippen LogP contribution in [-0.4, -0.2) is 49.5 Å². The van der Waals surface area contributed by atoms with Crippen molar-refractivity contribution >= 4 is 21.8 Å². The molecule has 112 valence electrons. The summed E-state index contributed by atoms with van der Waals surface area (Å²) in [5, 5.41) is 9.12. The topological polar surface area (TPSA) is 66.8 Å². The molecule has 1 aromatic carbocycles. The first kappa shape index (κ1) is 15.6. The number of aliphatic hydroxyl groups is 1. The predicted octanol–water partition coefficient (Wildman–Crippen LogP) is 1.32. The zero-order valence-corrected chi connectivity index (χ0v) is 13.0. The van der Waals surface area contributed by atoms with E-state index in [0.29, 0.717) is 18.7 Å². The van der Waals surface area contributed by atoms with Crippen LogP contribution in [0.5, 0.6) is 5.75 Å². The van der Waals surface area contributed by atoms with Crippen LogP contribution in [0.2, 0.25) is 0 Å². The summed E-state index contributed by atoms with van der Waals surface area (Å²) in [6, 6.07) is 4.69. The summed E-state index contributed by atoms with van der Waals surface area (Å²) >= 11 is 1.78. The number of thioether (sulfide) groups is 1. The van der Waals surface area contributed by atoms with E-state index in [1.54, 1.807) is 23.9 Å². The van der Waals surface area contributed by atoms with Gasteiger partial charge in [-0.15, -0.1) is 0 Å². The normalized spacial score (nSPS) is 17.7. The molecular weight excluding hydrogens is 298 g/mol. The van der Waals surface area contributed by atoms with E-state index < -0.39 is 10.0 Å². The Morgan fingerprint density at radius 1 is 1.35 bits per heavy atom. The molecule has 5 nitrogen and oxygen atoms in total. The van der Waals surface area contributed by atoms with Gasteiger partial charge in [0.05, 0.1) is 13.7 Å². The molecule has 0 atom stereocenters. The molecule has 1 heterocycles. The second kappa shape index (κ2) is 6.80. The summed E-state index contributed by atoms with van der Waals surface area (Å²) < 4.78 is 32.1. The van der Waals surface area contributed by atoms with Gasteiger partial charge in [0.25, 0.3) is 0 Å². The number of aliphatic hydroxyl groups excluding tert-OH is 1. The summed E-state index contributed by atoms with van der Waals surface area (Å²) in [6.07, 6.45) is 0.862. The van der Waals surface area contributed by atoms with Crippen molar-refractivity contribution in [3.8, 4) is 5.75 Å². The molecule has 1 aromatic rings. The maximum absolute atomic E-state index is 12.7. The van der Waals surface area contributed by atoms with Crippen LogP contribution in [0.3, 0.4) is 0 Å². The highest BCUT2D eigenvalue weighted by Crippen LogP contribution is 2.29. The Bertz CT molecular complexity index is 551. The Kier molecular flexibility index (Phi) is 5.31. The first-order valence-electron chi connectivity index (χ1n) is 6.45. The van der Waals surface area contributed by atoms with Crippen LogP contribution in [-0.2, 0) is 16.6 Å². The minimum atomic E-state index is -3.54. The lowest BCUT2D eigenvalue weighted by Gasteiger charge is -2.21. The molecule has 7 heteroatoms. The molecule has 0 bridgehead atoms. The highest BCUT2D eigenvalue weighted by atomic mass is 32.2. The SMILES string of the molecule is COc1cc(CO)ccc1S(=O)(=O)N1CCCSCC1. The standard InChI is InChI=1S/C13H19NO4S2/c1-18-12-9-11(10-15)3-4-13(12)20(16,17)14-5-2-7-19-8-6-14/h3-4,9,15H,2,5-8,10H2,1H3. The van der Waals surface area contributed by atoms with Gasteiger partial charge in [0.2, 0.25) is 10.0 Å². The predicted molar refractivity (Wildman–Crippen MR) is 79.6 cm³/mol. The first-order valence-corrected chi connectivity index (χ1v) is 9.04. The van der Waals surface area contributed by atoms with Gasteiger partial charge in [0.15, 0.2) is 0 Å². The largest absolute Gasteiger partial charge is 0.495 e. The number of hydrogen-bond acceptors (Lipinski definition) is 5. The monoisotopic (exact) mass is 317 g/mol. The molecule has 1 saturated heterocycles. The molecule has 1 aliphatic heterocycles. The first-order chi connectivity index (χ1) is 9.59. The Morgan fingerprint density at radius 3 is 2.85 bits per heavy atom. The van der Waals surface area contributed by atoms with Crippen molar-refractivity contribution in [3.05, 3.63) is 23.8 Å². The Hall–Kier alpha value is -0.760. The lowest BCUT2D eigenvalue weighted by atomic mass is 10.2. The van der Waals surface area contributed by atoms with Crippen molar-refractivity contribution < 1.29 is 18.3 Å². The van der Waals surface area contributed by atoms with Crippen LogP contribution >= 0.6 is 11.8 Å². The molecule has 0 radical (unpaired) electrons. The zero-order chi connectivity index (χ0) is 14.6. The van der Waals surface area contributed by atoms with E-state index in [0.717, 1.165) is 17.9 Å². The summed E-state index contributed by atoms with van der Waals surface area (Å²) in [4.78, 5) is 0.170. The minimum Gasteiger partial charge on any atom is -0.495 e. The molecule has 0 amide bonds. The second-order valence-corrected chi connectivity index (χ2v) is 7.64.